The number of halogens is 1. The highest BCUT2D eigenvalue weighted by Crippen LogP contribution is 2.29. The lowest BCUT2D eigenvalue weighted by Crippen LogP contribution is -2.39. The third-order valence-corrected chi connectivity index (χ3v) is 3.92. The van der Waals surface area contributed by atoms with Crippen LogP contribution < -0.4 is 10.6 Å². The van der Waals surface area contributed by atoms with Gasteiger partial charge in [0.1, 0.15) is 11.7 Å². The molecule has 3 nitrogen and oxygen atoms in total. The summed E-state index contributed by atoms with van der Waals surface area (Å²) in [6.45, 7) is 6.37. The molecule has 2 unspecified atom stereocenters. The molecule has 0 spiro atoms. The molecular formula is C14H20FN3. The van der Waals surface area contributed by atoms with E-state index in [2.05, 4.69) is 18.7 Å². The maximum atomic E-state index is 13.2. The first kappa shape index (κ1) is 12.9. The van der Waals surface area contributed by atoms with Crippen molar-refractivity contribution >= 4 is 11.5 Å². The van der Waals surface area contributed by atoms with Crippen molar-refractivity contribution in [2.75, 3.05) is 18.0 Å². The number of rotatable bonds is 2. The molecule has 0 aromatic heterocycles. The van der Waals surface area contributed by atoms with Crippen LogP contribution in [0.1, 0.15) is 25.8 Å². The molecule has 4 heteroatoms. The minimum Gasteiger partial charge on any atom is -0.384 e. The molecule has 1 aromatic carbocycles. The summed E-state index contributed by atoms with van der Waals surface area (Å²) >= 11 is 0. The van der Waals surface area contributed by atoms with Gasteiger partial charge in [-0.2, -0.15) is 0 Å². The molecule has 1 aromatic rings. The third kappa shape index (κ3) is 2.47. The van der Waals surface area contributed by atoms with Crippen LogP contribution in [0.2, 0.25) is 0 Å². The summed E-state index contributed by atoms with van der Waals surface area (Å²) in [4.78, 5) is 2.21. The number of benzene rings is 1. The SMILES string of the molecule is CC1CCN(c2ccc(F)cc2C(=N)N)CC1C. The zero-order valence-corrected chi connectivity index (χ0v) is 10.9. The standard InChI is InChI=1S/C14H20FN3/c1-9-5-6-18(8-10(9)2)13-4-3-11(15)7-12(13)14(16)17/h3-4,7,9-10H,5-6,8H2,1-2H3,(H3,16,17). The molecular weight excluding hydrogens is 229 g/mol. The van der Waals surface area contributed by atoms with Gasteiger partial charge in [0, 0.05) is 24.3 Å². The second kappa shape index (κ2) is 4.96. The van der Waals surface area contributed by atoms with Crippen molar-refractivity contribution in [3.05, 3.63) is 29.6 Å². The summed E-state index contributed by atoms with van der Waals surface area (Å²) in [5, 5.41) is 7.57. The third-order valence-electron chi connectivity index (χ3n) is 3.92. The van der Waals surface area contributed by atoms with E-state index in [0.29, 0.717) is 17.4 Å². The van der Waals surface area contributed by atoms with E-state index in [1.165, 1.54) is 12.1 Å². The largest absolute Gasteiger partial charge is 0.384 e. The van der Waals surface area contributed by atoms with Crippen molar-refractivity contribution in [3.63, 3.8) is 0 Å². The highest BCUT2D eigenvalue weighted by Gasteiger charge is 2.24. The molecule has 0 bridgehead atoms. The van der Waals surface area contributed by atoms with Gasteiger partial charge in [-0.25, -0.2) is 4.39 Å². The number of amidine groups is 1. The van der Waals surface area contributed by atoms with Gasteiger partial charge >= 0.3 is 0 Å². The van der Waals surface area contributed by atoms with E-state index in [0.717, 1.165) is 25.2 Å². The maximum absolute atomic E-state index is 13.2. The lowest BCUT2D eigenvalue weighted by atomic mass is 9.88. The van der Waals surface area contributed by atoms with E-state index in [4.69, 9.17) is 11.1 Å². The van der Waals surface area contributed by atoms with Crippen LogP contribution in [0, 0.1) is 23.1 Å². The second-order valence-corrected chi connectivity index (χ2v) is 5.26. The molecule has 18 heavy (non-hydrogen) atoms. The first-order valence-corrected chi connectivity index (χ1v) is 6.38. The van der Waals surface area contributed by atoms with Crippen LogP contribution in [-0.4, -0.2) is 18.9 Å². The van der Waals surface area contributed by atoms with Gasteiger partial charge in [0.05, 0.1) is 0 Å². The van der Waals surface area contributed by atoms with E-state index >= 15 is 0 Å². The van der Waals surface area contributed by atoms with Crippen molar-refractivity contribution in [1.29, 1.82) is 5.41 Å². The highest BCUT2D eigenvalue weighted by molar-refractivity contribution is 6.00. The number of nitrogens with two attached hydrogens (primary N) is 1. The number of nitrogen functional groups attached to an aromatic ring is 1. The molecule has 98 valence electrons. The van der Waals surface area contributed by atoms with E-state index in [-0.39, 0.29) is 11.7 Å². The molecule has 2 atom stereocenters. The molecule has 0 saturated carbocycles. The fraction of sp³-hybridized carbons (Fsp3) is 0.500. The summed E-state index contributed by atoms with van der Waals surface area (Å²) in [5.41, 5.74) is 6.92. The highest BCUT2D eigenvalue weighted by atomic mass is 19.1. The smallest absolute Gasteiger partial charge is 0.125 e. The normalized spacial score (nSPS) is 24.1. The summed E-state index contributed by atoms with van der Waals surface area (Å²) in [5.74, 6) is 0.893. The van der Waals surface area contributed by atoms with Gasteiger partial charge in [0.15, 0.2) is 0 Å². The van der Waals surface area contributed by atoms with E-state index in [9.17, 15) is 4.39 Å². The number of hydrogen-bond donors (Lipinski definition) is 2. The van der Waals surface area contributed by atoms with Crippen LogP contribution in [-0.2, 0) is 0 Å². The average molecular weight is 249 g/mol. The molecule has 1 heterocycles. The Morgan fingerprint density at radius 2 is 2.11 bits per heavy atom. The summed E-state index contributed by atoms with van der Waals surface area (Å²) in [7, 11) is 0. The molecule has 2 rings (SSSR count). The van der Waals surface area contributed by atoms with Crippen LogP contribution in [0.15, 0.2) is 18.2 Å². The number of nitrogens with zero attached hydrogens (tertiary/aromatic N) is 1. The number of hydrogen-bond acceptors (Lipinski definition) is 2. The predicted molar refractivity (Wildman–Crippen MR) is 72.6 cm³/mol. The summed E-state index contributed by atoms with van der Waals surface area (Å²) in [6.07, 6.45) is 1.12. The number of piperidine rings is 1. The van der Waals surface area contributed by atoms with Crippen molar-refractivity contribution in [3.8, 4) is 0 Å². The lowest BCUT2D eigenvalue weighted by Gasteiger charge is -2.37. The van der Waals surface area contributed by atoms with Gasteiger partial charge < -0.3 is 10.6 Å². The van der Waals surface area contributed by atoms with Crippen molar-refractivity contribution in [2.24, 2.45) is 17.6 Å². The Kier molecular flexibility index (Phi) is 3.55. The quantitative estimate of drug-likeness (QED) is 0.625. The first-order chi connectivity index (χ1) is 8.49. The zero-order chi connectivity index (χ0) is 13.3. The number of anilines is 1. The van der Waals surface area contributed by atoms with Crippen LogP contribution in [0.3, 0.4) is 0 Å². The minimum atomic E-state index is -0.345. The molecule has 1 aliphatic heterocycles. The van der Waals surface area contributed by atoms with Gasteiger partial charge in [-0.1, -0.05) is 13.8 Å². The van der Waals surface area contributed by atoms with Crippen LogP contribution in [0.4, 0.5) is 10.1 Å². The Morgan fingerprint density at radius 3 is 2.72 bits per heavy atom. The van der Waals surface area contributed by atoms with Crippen molar-refractivity contribution in [2.45, 2.75) is 20.3 Å². The van der Waals surface area contributed by atoms with Gasteiger partial charge in [-0.05, 0) is 36.5 Å². The summed E-state index contributed by atoms with van der Waals surface area (Å²) in [6, 6.07) is 4.51. The molecule has 1 fully saturated rings. The van der Waals surface area contributed by atoms with Gasteiger partial charge in [-0.3, -0.25) is 5.41 Å². The molecule has 0 aliphatic carbocycles. The summed E-state index contributed by atoms with van der Waals surface area (Å²) < 4.78 is 13.2. The zero-order valence-electron chi connectivity index (χ0n) is 10.9. The van der Waals surface area contributed by atoms with E-state index in [1.54, 1.807) is 6.07 Å². The van der Waals surface area contributed by atoms with Crippen LogP contribution in [0.25, 0.3) is 0 Å². The molecule has 1 aliphatic rings. The van der Waals surface area contributed by atoms with Gasteiger partial charge in [0.25, 0.3) is 0 Å². The fourth-order valence-corrected chi connectivity index (χ4v) is 2.48. The van der Waals surface area contributed by atoms with Crippen LogP contribution >= 0.6 is 0 Å². The van der Waals surface area contributed by atoms with Gasteiger partial charge in [-0.15, -0.1) is 0 Å². The Balaban J connectivity index is 2.30. The Bertz CT molecular complexity index is 458. The second-order valence-electron chi connectivity index (χ2n) is 5.26. The molecule has 1 saturated heterocycles. The van der Waals surface area contributed by atoms with Crippen LogP contribution in [0.5, 0.6) is 0 Å². The molecule has 0 amide bonds. The number of nitrogens with one attached hydrogen (secondary N) is 1. The molecule has 0 radical (unpaired) electrons. The van der Waals surface area contributed by atoms with E-state index < -0.39 is 0 Å². The van der Waals surface area contributed by atoms with E-state index in [1.807, 2.05) is 0 Å². The van der Waals surface area contributed by atoms with Crippen molar-refractivity contribution < 1.29 is 4.39 Å². The fourth-order valence-electron chi connectivity index (χ4n) is 2.48. The minimum absolute atomic E-state index is 0.0734. The maximum Gasteiger partial charge on any atom is 0.125 e. The topological polar surface area (TPSA) is 53.1 Å². The first-order valence-electron chi connectivity index (χ1n) is 6.38. The Labute approximate surface area is 107 Å². The van der Waals surface area contributed by atoms with Crippen molar-refractivity contribution in [1.82, 2.24) is 0 Å². The Morgan fingerprint density at radius 1 is 1.39 bits per heavy atom. The average Bonchev–Trinajstić information content (AvgIpc) is 2.32. The predicted octanol–water partition coefficient (Wildman–Crippen LogP) is 2.59. The van der Waals surface area contributed by atoms with Gasteiger partial charge in [0.2, 0.25) is 0 Å². The molecule has 3 N–H and O–H groups in total. The lowest BCUT2D eigenvalue weighted by molar-refractivity contribution is 0.324. The monoisotopic (exact) mass is 249 g/mol. The Hall–Kier alpha value is -1.58.